The molecule has 0 fully saturated rings. The minimum Gasteiger partial charge on any atom is -0.508 e. The van der Waals surface area contributed by atoms with Crippen molar-refractivity contribution in [2.45, 2.75) is 13.3 Å². The van der Waals surface area contributed by atoms with Crippen LogP contribution in [0.4, 0.5) is 10.9 Å². The highest BCUT2D eigenvalue weighted by molar-refractivity contribution is 7.18. The maximum absolute atomic E-state index is 12.1. The maximum atomic E-state index is 12.1. The van der Waals surface area contributed by atoms with Crippen molar-refractivity contribution in [2.75, 3.05) is 5.32 Å². The molecule has 0 saturated carbocycles. The second-order valence-electron chi connectivity index (χ2n) is 5.22. The molecule has 0 bridgehead atoms. The molecular weight excluding hydrogens is 338 g/mol. The van der Waals surface area contributed by atoms with Crippen LogP contribution < -0.4 is 5.32 Å². The normalized spacial score (nSPS) is 11.3. The first-order valence-corrected chi connectivity index (χ1v) is 8.30. The van der Waals surface area contributed by atoms with Gasteiger partial charge in [0.1, 0.15) is 10.8 Å². The van der Waals surface area contributed by atoms with Gasteiger partial charge in [-0.1, -0.05) is 17.4 Å². The number of phenolic OH excluding ortho intramolecular Hbond substituents is 1. The molecule has 0 unspecified atom stereocenters. The number of nitrogens with one attached hydrogen (secondary N) is 1. The molecule has 0 aliphatic carbocycles. The molecule has 2 aromatic heterocycles. The Bertz CT molecular complexity index is 891. The van der Waals surface area contributed by atoms with E-state index in [1.807, 2.05) is 12.1 Å². The number of amides is 1. The molecule has 3 rings (SSSR count). The van der Waals surface area contributed by atoms with Crippen LogP contribution in [-0.4, -0.2) is 31.9 Å². The number of hydrogen-bond donors (Lipinski definition) is 2. The number of carbonyl (C=O) groups is 1. The summed E-state index contributed by atoms with van der Waals surface area (Å²) >= 11 is 1.26. The molecule has 1 aromatic carbocycles. The van der Waals surface area contributed by atoms with Crippen molar-refractivity contribution >= 4 is 33.9 Å². The lowest BCUT2D eigenvalue weighted by Gasteiger charge is -2.01. The minimum atomic E-state index is -0.217. The first-order valence-electron chi connectivity index (χ1n) is 7.48. The first kappa shape index (κ1) is 16.7. The third-order valence-corrected chi connectivity index (χ3v) is 4.04. The van der Waals surface area contributed by atoms with Crippen molar-refractivity contribution in [1.82, 2.24) is 15.2 Å². The van der Waals surface area contributed by atoms with Gasteiger partial charge in [0.15, 0.2) is 5.82 Å². The summed E-state index contributed by atoms with van der Waals surface area (Å²) in [5.41, 5.74) is 1.48. The lowest BCUT2D eigenvalue weighted by atomic mass is 10.2. The largest absolute Gasteiger partial charge is 0.508 e. The summed E-state index contributed by atoms with van der Waals surface area (Å²) in [6.07, 6.45) is 1.79. The lowest BCUT2D eigenvalue weighted by Crippen LogP contribution is -2.14. The van der Waals surface area contributed by atoms with Crippen molar-refractivity contribution in [2.24, 2.45) is 4.99 Å². The Morgan fingerprint density at radius 3 is 2.72 bits per heavy atom. The molecule has 7 nitrogen and oxygen atoms in total. The highest BCUT2D eigenvalue weighted by Gasteiger charge is 2.11. The molecule has 8 heteroatoms. The van der Waals surface area contributed by atoms with Crippen LogP contribution >= 0.6 is 11.3 Å². The van der Waals surface area contributed by atoms with Gasteiger partial charge in [0.2, 0.25) is 11.0 Å². The summed E-state index contributed by atoms with van der Waals surface area (Å²) in [7, 11) is 0. The first-order chi connectivity index (χ1) is 12.1. The zero-order valence-electron chi connectivity index (χ0n) is 13.4. The fourth-order valence-electron chi connectivity index (χ4n) is 2.05. The third kappa shape index (κ3) is 4.67. The number of nitrogens with zero attached hydrogens (tertiary/aromatic N) is 4. The van der Waals surface area contributed by atoms with Crippen LogP contribution in [0.25, 0.3) is 10.6 Å². The molecule has 2 N–H and O–H groups in total. The van der Waals surface area contributed by atoms with Gasteiger partial charge in [0.05, 0.1) is 6.42 Å². The van der Waals surface area contributed by atoms with Gasteiger partial charge in [-0.3, -0.25) is 4.79 Å². The topological polar surface area (TPSA) is 100 Å². The summed E-state index contributed by atoms with van der Waals surface area (Å²) in [6.45, 7) is 1.77. The molecule has 3 aromatic rings. The van der Waals surface area contributed by atoms with Crippen molar-refractivity contribution in [3.63, 3.8) is 0 Å². The Kier molecular flexibility index (Phi) is 5.10. The van der Waals surface area contributed by atoms with E-state index in [1.54, 1.807) is 43.5 Å². The van der Waals surface area contributed by atoms with Crippen LogP contribution in [0.2, 0.25) is 0 Å². The molecule has 2 heterocycles. The summed E-state index contributed by atoms with van der Waals surface area (Å²) in [5.74, 6) is 0.536. The molecule has 0 atom stereocenters. The van der Waals surface area contributed by atoms with E-state index in [2.05, 4.69) is 25.5 Å². The van der Waals surface area contributed by atoms with E-state index in [4.69, 9.17) is 0 Å². The van der Waals surface area contributed by atoms with Crippen molar-refractivity contribution < 1.29 is 9.90 Å². The van der Waals surface area contributed by atoms with Crippen molar-refractivity contribution in [1.29, 1.82) is 0 Å². The van der Waals surface area contributed by atoms with E-state index in [0.29, 0.717) is 21.7 Å². The predicted molar refractivity (Wildman–Crippen MR) is 97.3 cm³/mol. The third-order valence-electron chi connectivity index (χ3n) is 3.16. The number of carbonyl (C=O) groups excluding carboxylic acids is 1. The molecule has 0 spiro atoms. The minimum absolute atomic E-state index is 0.144. The Balaban J connectivity index is 1.62. The number of rotatable bonds is 5. The number of benzene rings is 1. The van der Waals surface area contributed by atoms with Crippen molar-refractivity contribution in [3.05, 3.63) is 48.7 Å². The highest BCUT2D eigenvalue weighted by Crippen LogP contribution is 2.27. The van der Waals surface area contributed by atoms with Gasteiger partial charge in [-0.15, -0.1) is 10.2 Å². The molecule has 0 radical (unpaired) electrons. The molecule has 25 heavy (non-hydrogen) atoms. The standard InChI is InChI=1S/C17H15N5O2S/c1-11(19-14-4-2-3-9-18-14)10-15(24)20-17-22-21-16(25-17)12-5-7-13(23)8-6-12/h2-9,23H,10H2,1H3,(H,20,22,24)/b19-11+. The fourth-order valence-corrected chi connectivity index (χ4v) is 2.81. The fraction of sp³-hybridized carbons (Fsp3) is 0.118. The van der Waals surface area contributed by atoms with Gasteiger partial charge in [-0.2, -0.15) is 0 Å². The van der Waals surface area contributed by atoms with Crippen LogP contribution in [0, 0.1) is 0 Å². The summed E-state index contributed by atoms with van der Waals surface area (Å²) in [6, 6.07) is 12.1. The van der Waals surface area contributed by atoms with Crippen LogP contribution in [0.15, 0.2) is 53.7 Å². The van der Waals surface area contributed by atoms with E-state index < -0.39 is 0 Å². The second kappa shape index (κ2) is 7.63. The van der Waals surface area contributed by atoms with E-state index in [9.17, 15) is 9.90 Å². The molecule has 0 saturated heterocycles. The van der Waals surface area contributed by atoms with Crippen LogP contribution in [0.3, 0.4) is 0 Å². The number of aromatic hydroxyl groups is 1. The van der Waals surface area contributed by atoms with Gasteiger partial charge in [-0.05, 0) is 43.3 Å². The van der Waals surface area contributed by atoms with Gasteiger partial charge in [-0.25, -0.2) is 9.98 Å². The zero-order valence-corrected chi connectivity index (χ0v) is 14.2. The Hall–Kier alpha value is -3.13. The van der Waals surface area contributed by atoms with Crippen LogP contribution in [0.5, 0.6) is 5.75 Å². The average Bonchev–Trinajstić information content (AvgIpc) is 3.04. The maximum Gasteiger partial charge on any atom is 0.231 e. The Labute approximate surface area is 148 Å². The van der Waals surface area contributed by atoms with Gasteiger partial charge < -0.3 is 10.4 Å². The van der Waals surface area contributed by atoms with Crippen LogP contribution in [-0.2, 0) is 4.79 Å². The second-order valence-corrected chi connectivity index (χ2v) is 6.20. The predicted octanol–water partition coefficient (Wildman–Crippen LogP) is 3.43. The van der Waals surface area contributed by atoms with E-state index in [-0.39, 0.29) is 18.1 Å². The molecule has 0 aliphatic heterocycles. The summed E-state index contributed by atoms with van der Waals surface area (Å²) in [5, 5.41) is 21.1. The quantitative estimate of drug-likeness (QED) is 0.685. The molecule has 0 aliphatic rings. The van der Waals surface area contributed by atoms with Gasteiger partial charge in [0, 0.05) is 17.5 Å². The molecule has 1 amide bonds. The smallest absolute Gasteiger partial charge is 0.231 e. The summed E-state index contributed by atoms with van der Waals surface area (Å²) < 4.78 is 0. The molecule has 126 valence electrons. The van der Waals surface area contributed by atoms with Gasteiger partial charge >= 0.3 is 0 Å². The molecular formula is C17H15N5O2S. The SMILES string of the molecule is C/C(CC(=O)Nc1nnc(-c2ccc(O)cc2)s1)=N\c1ccccn1. The Morgan fingerprint density at radius 1 is 1.20 bits per heavy atom. The number of aliphatic imine (C=N–C) groups is 1. The monoisotopic (exact) mass is 353 g/mol. The lowest BCUT2D eigenvalue weighted by molar-refractivity contribution is -0.115. The van der Waals surface area contributed by atoms with E-state index >= 15 is 0 Å². The van der Waals surface area contributed by atoms with Gasteiger partial charge in [0.25, 0.3) is 0 Å². The van der Waals surface area contributed by atoms with Crippen LogP contribution in [0.1, 0.15) is 13.3 Å². The number of anilines is 1. The Morgan fingerprint density at radius 2 is 2.00 bits per heavy atom. The number of aromatic nitrogens is 3. The zero-order chi connectivity index (χ0) is 17.6. The average molecular weight is 353 g/mol. The van der Waals surface area contributed by atoms with E-state index in [0.717, 1.165) is 5.56 Å². The number of pyridine rings is 1. The number of phenols is 1. The van der Waals surface area contributed by atoms with E-state index in [1.165, 1.54) is 11.3 Å². The number of hydrogen-bond acceptors (Lipinski definition) is 7. The summed E-state index contributed by atoms with van der Waals surface area (Å²) in [4.78, 5) is 20.5. The highest BCUT2D eigenvalue weighted by atomic mass is 32.1. The van der Waals surface area contributed by atoms with Crippen molar-refractivity contribution in [3.8, 4) is 16.3 Å².